The molecular formula is C15H16N4O7S. The number of carbonyl (C=O) groups excluding carboxylic acids is 2. The Balaban J connectivity index is 2.13. The van der Waals surface area contributed by atoms with Crippen LogP contribution in [0, 0.1) is 0 Å². The van der Waals surface area contributed by atoms with E-state index in [0.29, 0.717) is 0 Å². The lowest BCUT2D eigenvalue weighted by molar-refractivity contribution is 0.0600. The van der Waals surface area contributed by atoms with Gasteiger partial charge in [0.2, 0.25) is 21.9 Å². The van der Waals surface area contributed by atoms with Gasteiger partial charge in [0, 0.05) is 0 Å². The molecule has 1 aromatic heterocycles. The van der Waals surface area contributed by atoms with Crippen LogP contribution in [0.15, 0.2) is 35.1 Å². The number of urea groups is 1. The monoisotopic (exact) mass is 396 g/mol. The summed E-state index contributed by atoms with van der Waals surface area (Å²) >= 11 is 0. The van der Waals surface area contributed by atoms with Crippen molar-refractivity contribution in [3.63, 3.8) is 0 Å². The van der Waals surface area contributed by atoms with Gasteiger partial charge in [0.1, 0.15) is 0 Å². The SMILES string of the molecule is COC(=O)c1ccccc1CS(=O)(=O)NC(=O)Nc1nc(OC)cc(=O)[nH]1. The molecule has 0 unspecified atom stereocenters. The zero-order chi connectivity index (χ0) is 20.0. The number of ether oxygens (including phenoxy) is 2. The Morgan fingerprint density at radius 1 is 1.22 bits per heavy atom. The Hall–Kier alpha value is -3.41. The normalized spacial score (nSPS) is 10.7. The molecule has 3 N–H and O–H groups in total. The number of rotatable bonds is 6. The molecule has 0 aliphatic rings. The third kappa shape index (κ3) is 5.54. The molecule has 0 fully saturated rings. The number of esters is 1. The average molecular weight is 396 g/mol. The fraction of sp³-hybridized carbons (Fsp3) is 0.200. The van der Waals surface area contributed by atoms with E-state index in [-0.39, 0.29) is 23.0 Å². The molecule has 2 aromatic rings. The first-order valence-electron chi connectivity index (χ1n) is 7.37. The van der Waals surface area contributed by atoms with Crippen molar-refractivity contribution in [2.45, 2.75) is 5.75 Å². The summed E-state index contributed by atoms with van der Waals surface area (Å²) in [6.45, 7) is 0. The van der Waals surface area contributed by atoms with E-state index >= 15 is 0 Å². The lowest BCUT2D eigenvalue weighted by Gasteiger charge is -2.10. The van der Waals surface area contributed by atoms with Crippen LogP contribution in [0.5, 0.6) is 5.88 Å². The Labute approximate surface area is 153 Å². The molecule has 12 heteroatoms. The molecular weight excluding hydrogens is 380 g/mol. The van der Waals surface area contributed by atoms with Gasteiger partial charge in [-0.05, 0) is 11.6 Å². The number of aromatic nitrogens is 2. The predicted molar refractivity (Wildman–Crippen MR) is 94.0 cm³/mol. The van der Waals surface area contributed by atoms with Crippen molar-refractivity contribution in [2.24, 2.45) is 0 Å². The molecule has 0 aliphatic carbocycles. The number of hydrogen-bond donors (Lipinski definition) is 3. The van der Waals surface area contributed by atoms with Crippen LogP contribution < -0.4 is 20.3 Å². The Kier molecular flexibility index (Phi) is 6.13. The Morgan fingerprint density at radius 3 is 2.59 bits per heavy atom. The second-order valence-electron chi connectivity index (χ2n) is 5.10. The van der Waals surface area contributed by atoms with Crippen molar-refractivity contribution in [1.29, 1.82) is 0 Å². The van der Waals surface area contributed by atoms with Crippen LogP contribution in [-0.2, 0) is 20.5 Å². The van der Waals surface area contributed by atoms with Gasteiger partial charge in [-0.15, -0.1) is 0 Å². The minimum Gasteiger partial charge on any atom is -0.481 e. The minimum atomic E-state index is -4.16. The molecule has 0 aliphatic heterocycles. The van der Waals surface area contributed by atoms with E-state index in [1.54, 1.807) is 16.9 Å². The zero-order valence-electron chi connectivity index (χ0n) is 14.3. The summed E-state index contributed by atoms with van der Waals surface area (Å²) in [4.78, 5) is 41.0. The molecule has 27 heavy (non-hydrogen) atoms. The predicted octanol–water partition coefficient (Wildman–Crippen LogP) is 0.217. The number of sulfonamides is 1. The van der Waals surface area contributed by atoms with Gasteiger partial charge in [-0.1, -0.05) is 18.2 Å². The van der Waals surface area contributed by atoms with Crippen molar-refractivity contribution in [3.05, 3.63) is 51.8 Å². The van der Waals surface area contributed by atoms with Gasteiger partial charge in [0.25, 0.3) is 5.56 Å². The molecule has 0 saturated carbocycles. The standard InChI is InChI=1S/C15H16N4O7S/c1-25-12-7-11(20)16-14(17-12)18-15(22)19-27(23,24)8-9-5-3-4-6-10(9)13(21)26-2/h3-7H,8H2,1-2H3,(H3,16,17,18,19,20,22). The molecule has 0 bridgehead atoms. The summed E-state index contributed by atoms with van der Waals surface area (Å²) in [5.74, 6) is -1.72. The number of methoxy groups -OCH3 is 2. The lowest BCUT2D eigenvalue weighted by atomic mass is 10.1. The number of benzene rings is 1. The van der Waals surface area contributed by atoms with Crippen molar-refractivity contribution in [1.82, 2.24) is 14.7 Å². The van der Waals surface area contributed by atoms with Gasteiger partial charge in [-0.3, -0.25) is 15.1 Å². The molecule has 0 saturated heterocycles. The third-order valence-corrected chi connectivity index (χ3v) is 4.36. The maximum absolute atomic E-state index is 12.2. The van der Waals surface area contributed by atoms with Crippen LogP contribution in [-0.4, -0.2) is 44.6 Å². The number of nitrogens with one attached hydrogen (secondary N) is 3. The number of amides is 2. The van der Waals surface area contributed by atoms with Crippen molar-refractivity contribution < 1.29 is 27.5 Å². The lowest BCUT2D eigenvalue weighted by Crippen LogP contribution is -2.36. The first kappa shape index (κ1) is 19.9. The van der Waals surface area contributed by atoms with Crippen LogP contribution in [0.2, 0.25) is 0 Å². The summed E-state index contributed by atoms with van der Waals surface area (Å²) in [5, 5.41) is 2.08. The van der Waals surface area contributed by atoms with Crippen LogP contribution in [0.1, 0.15) is 15.9 Å². The highest BCUT2D eigenvalue weighted by atomic mass is 32.2. The van der Waals surface area contributed by atoms with Gasteiger partial charge in [0.15, 0.2) is 0 Å². The maximum atomic E-state index is 12.2. The van der Waals surface area contributed by atoms with Gasteiger partial charge >= 0.3 is 12.0 Å². The van der Waals surface area contributed by atoms with Gasteiger partial charge in [-0.25, -0.2) is 22.7 Å². The molecule has 0 radical (unpaired) electrons. The second kappa shape index (κ2) is 8.31. The average Bonchev–Trinajstić information content (AvgIpc) is 2.59. The topological polar surface area (TPSA) is 157 Å². The van der Waals surface area contributed by atoms with E-state index in [9.17, 15) is 22.8 Å². The van der Waals surface area contributed by atoms with E-state index < -0.39 is 33.3 Å². The fourth-order valence-electron chi connectivity index (χ4n) is 2.07. The number of nitrogens with zero attached hydrogens (tertiary/aromatic N) is 1. The molecule has 2 rings (SSSR count). The van der Waals surface area contributed by atoms with E-state index in [1.165, 1.54) is 26.4 Å². The maximum Gasteiger partial charge on any atom is 0.338 e. The summed E-state index contributed by atoms with van der Waals surface area (Å²) in [6, 6.07) is 5.81. The van der Waals surface area contributed by atoms with Gasteiger partial charge < -0.3 is 9.47 Å². The molecule has 1 heterocycles. The zero-order valence-corrected chi connectivity index (χ0v) is 15.1. The van der Waals surface area contributed by atoms with E-state index in [2.05, 4.69) is 20.0 Å². The highest BCUT2D eigenvalue weighted by molar-refractivity contribution is 7.89. The number of aromatic amines is 1. The first-order valence-corrected chi connectivity index (χ1v) is 9.02. The van der Waals surface area contributed by atoms with Crippen LogP contribution >= 0.6 is 0 Å². The molecule has 11 nitrogen and oxygen atoms in total. The third-order valence-electron chi connectivity index (χ3n) is 3.18. The molecule has 0 spiro atoms. The fourth-order valence-corrected chi connectivity index (χ4v) is 3.14. The quantitative estimate of drug-likeness (QED) is 0.585. The minimum absolute atomic E-state index is 0.0598. The van der Waals surface area contributed by atoms with Crippen molar-refractivity contribution in [3.8, 4) is 5.88 Å². The van der Waals surface area contributed by atoms with Crippen molar-refractivity contribution in [2.75, 3.05) is 19.5 Å². The summed E-state index contributed by atoms with van der Waals surface area (Å²) in [6.07, 6.45) is 0. The number of anilines is 1. The highest BCUT2D eigenvalue weighted by Crippen LogP contribution is 2.13. The Bertz CT molecular complexity index is 1020. The van der Waals surface area contributed by atoms with Crippen LogP contribution in [0.3, 0.4) is 0 Å². The first-order chi connectivity index (χ1) is 12.7. The van der Waals surface area contributed by atoms with Crippen LogP contribution in [0.4, 0.5) is 10.7 Å². The van der Waals surface area contributed by atoms with Gasteiger partial charge in [0.05, 0.1) is 31.6 Å². The summed E-state index contributed by atoms with van der Waals surface area (Å²) in [7, 11) is -1.72. The van der Waals surface area contributed by atoms with Gasteiger partial charge in [-0.2, -0.15) is 4.98 Å². The molecule has 144 valence electrons. The van der Waals surface area contributed by atoms with E-state index in [0.717, 1.165) is 6.07 Å². The molecule has 0 atom stereocenters. The summed E-state index contributed by atoms with van der Waals surface area (Å²) < 4.78 is 35.6. The number of H-pyrrole nitrogens is 1. The molecule has 1 aromatic carbocycles. The summed E-state index contributed by atoms with van der Waals surface area (Å²) in [5.41, 5.74) is -0.394. The smallest absolute Gasteiger partial charge is 0.338 e. The van der Waals surface area contributed by atoms with E-state index in [1.807, 2.05) is 0 Å². The van der Waals surface area contributed by atoms with Crippen molar-refractivity contribution >= 4 is 28.0 Å². The second-order valence-corrected chi connectivity index (χ2v) is 6.82. The van der Waals surface area contributed by atoms with E-state index in [4.69, 9.17) is 4.74 Å². The number of carbonyl (C=O) groups is 2. The number of hydrogen-bond acceptors (Lipinski definition) is 8. The Morgan fingerprint density at radius 2 is 1.93 bits per heavy atom. The molecule has 2 amide bonds. The largest absolute Gasteiger partial charge is 0.481 e. The van der Waals surface area contributed by atoms with Crippen LogP contribution in [0.25, 0.3) is 0 Å². The highest BCUT2D eigenvalue weighted by Gasteiger charge is 2.20.